The minimum Gasteiger partial charge on any atom is -0.330 e. The molecule has 3 N–H and O–H groups in total. The summed E-state index contributed by atoms with van der Waals surface area (Å²) >= 11 is 2.08. The van der Waals surface area contributed by atoms with Crippen LogP contribution in [-0.4, -0.2) is 30.6 Å². The van der Waals surface area contributed by atoms with Crippen molar-refractivity contribution in [1.29, 1.82) is 0 Å². The van der Waals surface area contributed by atoms with E-state index in [0.717, 1.165) is 18.9 Å². The Hall–Kier alpha value is 0.270. The molecule has 0 radical (unpaired) electrons. The molecule has 0 amide bonds. The van der Waals surface area contributed by atoms with Gasteiger partial charge in [-0.3, -0.25) is 0 Å². The smallest absolute Gasteiger partial charge is 0.00508 e. The predicted molar refractivity (Wildman–Crippen MR) is 56.6 cm³/mol. The van der Waals surface area contributed by atoms with Crippen LogP contribution in [0, 0.1) is 5.92 Å². The first-order valence-corrected chi connectivity index (χ1v) is 5.99. The molecule has 0 aliphatic carbocycles. The second-order valence-electron chi connectivity index (χ2n) is 3.62. The van der Waals surface area contributed by atoms with Crippen LogP contribution in [0.15, 0.2) is 0 Å². The minimum atomic E-state index is 0.598. The summed E-state index contributed by atoms with van der Waals surface area (Å²) in [7, 11) is 0. The highest BCUT2D eigenvalue weighted by Gasteiger charge is 2.15. The van der Waals surface area contributed by atoms with Crippen LogP contribution in [0.1, 0.15) is 19.8 Å². The van der Waals surface area contributed by atoms with Gasteiger partial charge in [0.2, 0.25) is 0 Å². The summed E-state index contributed by atoms with van der Waals surface area (Å²) in [5, 5.41) is 3.53. The fourth-order valence-corrected chi connectivity index (χ4v) is 2.75. The van der Waals surface area contributed by atoms with E-state index in [1.165, 1.54) is 24.5 Å². The predicted octanol–water partition coefficient (Wildman–Crippen LogP) is 1.07. The van der Waals surface area contributed by atoms with Crippen LogP contribution < -0.4 is 11.1 Å². The van der Waals surface area contributed by atoms with Gasteiger partial charge in [-0.2, -0.15) is 11.8 Å². The van der Waals surface area contributed by atoms with E-state index in [9.17, 15) is 0 Å². The molecule has 12 heavy (non-hydrogen) atoms. The van der Waals surface area contributed by atoms with E-state index in [0.29, 0.717) is 6.04 Å². The molecule has 0 spiro atoms. The lowest BCUT2D eigenvalue weighted by Crippen LogP contribution is -2.32. The third kappa shape index (κ3) is 3.78. The summed E-state index contributed by atoms with van der Waals surface area (Å²) in [4.78, 5) is 0. The first-order valence-electron chi connectivity index (χ1n) is 4.84. The average Bonchev–Trinajstić information content (AvgIpc) is 2.53. The van der Waals surface area contributed by atoms with Crippen LogP contribution in [0.3, 0.4) is 0 Å². The highest BCUT2D eigenvalue weighted by atomic mass is 32.2. The molecule has 3 heteroatoms. The first-order chi connectivity index (χ1) is 5.83. The quantitative estimate of drug-likeness (QED) is 0.678. The number of thioether (sulfide) groups is 1. The van der Waals surface area contributed by atoms with Crippen molar-refractivity contribution in [1.82, 2.24) is 5.32 Å². The summed E-state index contributed by atoms with van der Waals surface area (Å²) in [6.07, 6.45) is 2.49. The van der Waals surface area contributed by atoms with Crippen LogP contribution in [-0.2, 0) is 0 Å². The van der Waals surface area contributed by atoms with Gasteiger partial charge in [-0.1, -0.05) is 0 Å². The highest BCUT2D eigenvalue weighted by Crippen LogP contribution is 2.22. The van der Waals surface area contributed by atoms with E-state index in [2.05, 4.69) is 24.0 Å². The van der Waals surface area contributed by atoms with E-state index in [1.807, 2.05) is 0 Å². The zero-order valence-corrected chi connectivity index (χ0v) is 8.70. The van der Waals surface area contributed by atoms with Gasteiger partial charge < -0.3 is 11.1 Å². The summed E-state index contributed by atoms with van der Waals surface area (Å²) < 4.78 is 0. The van der Waals surface area contributed by atoms with Gasteiger partial charge in [0.05, 0.1) is 0 Å². The number of nitrogens with one attached hydrogen (secondary N) is 1. The summed E-state index contributed by atoms with van der Waals surface area (Å²) in [6.45, 7) is 4.21. The topological polar surface area (TPSA) is 38.0 Å². The van der Waals surface area contributed by atoms with Gasteiger partial charge in [0.25, 0.3) is 0 Å². The molecule has 0 aromatic carbocycles. The van der Waals surface area contributed by atoms with Crippen molar-refractivity contribution in [2.75, 3.05) is 24.6 Å². The summed E-state index contributed by atoms with van der Waals surface area (Å²) in [6, 6.07) is 0.598. The van der Waals surface area contributed by atoms with Gasteiger partial charge in [0.1, 0.15) is 0 Å². The Morgan fingerprint density at radius 1 is 1.67 bits per heavy atom. The largest absolute Gasteiger partial charge is 0.330 e. The van der Waals surface area contributed by atoms with E-state index >= 15 is 0 Å². The lowest BCUT2D eigenvalue weighted by atomic mass is 10.1. The maximum Gasteiger partial charge on any atom is 0.00508 e. The molecule has 0 aromatic heterocycles. The van der Waals surface area contributed by atoms with Crippen molar-refractivity contribution in [2.24, 2.45) is 11.7 Å². The fraction of sp³-hybridized carbons (Fsp3) is 1.00. The third-order valence-electron chi connectivity index (χ3n) is 2.38. The van der Waals surface area contributed by atoms with Crippen molar-refractivity contribution in [2.45, 2.75) is 25.8 Å². The van der Waals surface area contributed by atoms with E-state index in [1.54, 1.807) is 0 Å². The molecule has 1 aliphatic heterocycles. The second kappa shape index (κ2) is 5.84. The van der Waals surface area contributed by atoms with Crippen molar-refractivity contribution >= 4 is 11.8 Å². The third-order valence-corrected chi connectivity index (χ3v) is 3.61. The van der Waals surface area contributed by atoms with Crippen molar-refractivity contribution in [3.05, 3.63) is 0 Å². The van der Waals surface area contributed by atoms with Crippen molar-refractivity contribution in [3.63, 3.8) is 0 Å². The Morgan fingerprint density at radius 3 is 3.08 bits per heavy atom. The van der Waals surface area contributed by atoms with Gasteiger partial charge in [-0.15, -0.1) is 0 Å². The van der Waals surface area contributed by atoms with Crippen LogP contribution in [0.5, 0.6) is 0 Å². The summed E-state index contributed by atoms with van der Waals surface area (Å²) in [5.74, 6) is 3.62. The minimum absolute atomic E-state index is 0.598. The Balaban J connectivity index is 1.99. The molecule has 2 atom stereocenters. The monoisotopic (exact) mass is 188 g/mol. The molecule has 1 saturated heterocycles. The van der Waals surface area contributed by atoms with Gasteiger partial charge in [0.15, 0.2) is 0 Å². The number of hydrogen-bond donors (Lipinski definition) is 2. The van der Waals surface area contributed by atoms with Gasteiger partial charge in [-0.05, 0) is 50.3 Å². The molecule has 0 saturated carbocycles. The maximum absolute atomic E-state index is 5.47. The maximum atomic E-state index is 5.47. The van der Waals surface area contributed by atoms with Gasteiger partial charge in [0, 0.05) is 6.04 Å². The average molecular weight is 188 g/mol. The molecular weight excluding hydrogens is 168 g/mol. The Bertz CT molecular complexity index is 113. The van der Waals surface area contributed by atoms with Gasteiger partial charge in [-0.25, -0.2) is 0 Å². The van der Waals surface area contributed by atoms with Crippen LogP contribution in [0.25, 0.3) is 0 Å². The van der Waals surface area contributed by atoms with Crippen molar-refractivity contribution < 1.29 is 0 Å². The molecule has 0 aromatic rings. The van der Waals surface area contributed by atoms with Crippen LogP contribution in [0.2, 0.25) is 0 Å². The standard InChI is InChI=1S/C9H20N2S/c1-8(2-4-10)11-6-9-3-5-12-7-9/h8-9,11H,2-7,10H2,1H3. The Kier molecular flexibility index (Phi) is 5.04. The SMILES string of the molecule is CC(CCN)NCC1CCSC1. The molecule has 1 fully saturated rings. The number of nitrogens with two attached hydrogens (primary N) is 1. The lowest BCUT2D eigenvalue weighted by Gasteiger charge is -2.15. The van der Waals surface area contributed by atoms with Gasteiger partial charge >= 0.3 is 0 Å². The van der Waals surface area contributed by atoms with Crippen molar-refractivity contribution in [3.8, 4) is 0 Å². The van der Waals surface area contributed by atoms with E-state index in [-0.39, 0.29) is 0 Å². The Labute approximate surface area is 79.7 Å². The normalized spacial score (nSPS) is 26.0. The molecule has 2 nitrogen and oxygen atoms in total. The van der Waals surface area contributed by atoms with E-state index < -0.39 is 0 Å². The summed E-state index contributed by atoms with van der Waals surface area (Å²) in [5.41, 5.74) is 5.47. The number of rotatable bonds is 5. The second-order valence-corrected chi connectivity index (χ2v) is 4.77. The molecule has 1 heterocycles. The number of hydrogen-bond acceptors (Lipinski definition) is 3. The molecule has 2 unspecified atom stereocenters. The molecule has 0 bridgehead atoms. The zero-order chi connectivity index (χ0) is 8.81. The molecule has 1 aliphatic rings. The zero-order valence-electron chi connectivity index (χ0n) is 7.88. The Morgan fingerprint density at radius 2 is 2.50 bits per heavy atom. The molecule has 72 valence electrons. The molecular formula is C9H20N2S. The first kappa shape index (κ1) is 10.4. The lowest BCUT2D eigenvalue weighted by molar-refractivity contribution is 0.454. The van der Waals surface area contributed by atoms with Crippen LogP contribution in [0.4, 0.5) is 0 Å². The fourth-order valence-electron chi connectivity index (χ4n) is 1.46. The van der Waals surface area contributed by atoms with Crippen LogP contribution >= 0.6 is 11.8 Å². The molecule has 1 rings (SSSR count). The van der Waals surface area contributed by atoms with E-state index in [4.69, 9.17) is 5.73 Å². The highest BCUT2D eigenvalue weighted by molar-refractivity contribution is 7.99.